The van der Waals surface area contributed by atoms with E-state index < -0.39 is 0 Å². The van der Waals surface area contributed by atoms with Gasteiger partial charge in [-0.05, 0) is 59.3 Å². The van der Waals surface area contributed by atoms with Crippen molar-refractivity contribution in [2.45, 2.75) is 13.0 Å². The standard InChI is InChI=1S/C16H15FINO2/c1-11(12-6-8-13(17)9-7-12)19-16(20)10-21-15-5-3-2-4-14(15)18/h2-9,11H,10H2,1H3,(H,19,20). The van der Waals surface area contributed by atoms with Crippen molar-refractivity contribution in [1.29, 1.82) is 0 Å². The van der Waals surface area contributed by atoms with Gasteiger partial charge in [0.25, 0.3) is 5.91 Å². The van der Waals surface area contributed by atoms with Crippen molar-refractivity contribution in [1.82, 2.24) is 5.32 Å². The number of para-hydroxylation sites is 1. The molecule has 0 spiro atoms. The Hall–Kier alpha value is -1.63. The molecular weight excluding hydrogens is 384 g/mol. The number of ether oxygens (including phenoxy) is 1. The van der Waals surface area contributed by atoms with Crippen molar-refractivity contribution in [3.8, 4) is 5.75 Å². The summed E-state index contributed by atoms with van der Waals surface area (Å²) >= 11 is 2.15. The molecule has 1 unspecified atom stereocenters. The van der Waals surface area contributed by atoms with Crippen LogP contribution in [0.4, 0.5) is 4.39 Å². The Bertz CT molecular complexity index is 616. The molecule has 1 atom stereocenters. The van der Waals surface area contributed by atoms with Crippen LogP contribution in [0.1, 0.15) is 18.5 Å². The highest BCUT2D eigenvalue weighted by molar-refractivity contribution is 14.1. The summed E-state index contributed by atoms with van der Waals surface area (Å²) in [7, 11) is 0. The Morgan fingerprint density at radius 2 is 1.90 bits per heavy atom. The molecular formula is C16H15FINO2. The van der Waals surface area contributed by atoms with E-state index in [2.05, 4.69) is 27.9 Å². The summed E-state index contributed by atoms with van der Waals surface area (Å²) in [6.07, 6.45) is 0. The number of rotatable bonds is 5. The molecule has 2 aromatic carbocycles. The monoisotopic (exact) mass is 399 g/mol. The molecule has 0 aliphatic rings. The fourth-order valence-corrected chi connectivity index (χ4v) is 2.37. The van der Waals surface area contributed by atoms with E-state index in [4.69, 9.17) is 4.74 Å². The first kappa shape index (κ1) is 15.8. The van der Waals surface area contributed by atoms with Gasteiger partial charge >= 0.3 is 0 Å². The van der Waals surface area contributed by atoms with E-state index in [-0.39, 0.29) is 24.4 Å². The summed E-state index contributed by atoms with van der Waals surface area (Å²) in [5, 5.41) is 2.82. The van der Waals surface area contributed by atoms with Crippen LogP contribution in [0.2, 0.25) is 0 Å². The second-order valence-corrected chi connectivity index (χ2v) is 5.72. The molecule has 5 heteroatoms. The molecule has 2 aromatic rings. The number of hydrogen-bond acceptors (Lipinski definition) is 2. The van der Waals surface area contributed by atoms with Crippen molar-refractivity contribution in [3.05, 3.63) is 63.5 Å². The molecule has 0 aromatic heterocycles. The Kier molecular flexibility index (Phi) is 5.55. The highest BCUT2D eigenvalue weighted by Gasteiger charge is 2.10. The summed E-state index contributed by atoms with van der Waals surface area (Å²) < 4.78 is 19.3. The molecule has 0 aliphatic carbocycles. The second-order valence-electron chi connectivity index (χ2n) is 4.56. The van der Waals surface area contributed by atoms with Gasteiger partial charge in [-0.1, -0.05) is 24.3 Å². The highest BCUT2D eigenvalue weighted by Crippen LogP contribution is 2.19. The van der Waals surface area contributed by atoms with Gasteiger partial charge in [0.2, 0.25) is 0 Å². The SMILES string of the molecule is CC(NC(=O)COc1ccccc1I)c1ccc(F)cc1. The number of halogens is 2. The predicted octanol–water partition coefficient (Wildman–Crippen LogP) is 3.69. The van der Waals surface area contributed by atoms with Gasteiger partial charge < -0.3 is 10.1 Å². The van der Waals surface area contributed by atoms with Crippen molar-refractivity contribution >= 4 is 28.5 Å². The Balaban J connectivity index is 1.87. The largest absolute Gasteiger partial charge is 0.483 e. The van der Waals surface area contributed by atoms with Gasteiger partial charge in [0.1, 0.15) is 11.6 Å². The van der Waals surface area contributed by atoms with Crippen LogP contribution in [-0.2, 0) is 4.79 Å². The minimum absolute atomic E-state index is 0.0500. The first-order chi connectivity index (χ1) is 10.1. The zero-order valence-electron chi connectivity index (χ0n) is 11.5. The predicted molar refractivity (Wildman–Crippen MR) is 87.6 cm³/mol. The zero-order chi connectivity index (χ0) is 15.2. The van der Waals surface area contributed by atoms with Crippen molar-refractivity contribution in [2.75, 3.05) is 6.61 Å². The normalized spacial score (nSPS) is 11.8. The van der Waals surface area contributed by atoms with Gasteiger partial charge in [-0.2, -0.15) is 0 Å². The molecule has 0 fully saturated rings. The molecule has 1 amide bonds. The molecule has 0 saturated heterocycles. The molecule has 1 N–H and O–H groups in total. The molecule has 21 heavy (non-hydrogen) atoms. The van der Waals surface area contributed by atoms with Crippen LogP contribution in [0.25, 0.3) is 0 Å². The van der Waals surface area contributed by atoms with E-state index in [1.54, 1.807) is 12.1 Å². The number of nitrogens with one attached hydrogen (secondary N) is 1. The van der Waals surface area contributed by atoms with Crippen molar-refractivity contribution in [2.24, 2.45) is 0 Å². The lowest BCUT2D eigenvalue weighted by atomic mass is 10.1. The maximum Gasteiger partial charge on any atom is 0.258 e. The van der Waals surface area contributed by atoms with Crippen LogP contribution in [0.15, 0.2) is 48.5 Å². The molecule has 2 rings (SSSR count). The van der Waals surface area contributed by atoms with Crippen LogP contribution in [-0.4, -0.2) is 12.5 Å². The Morgan fingerprint density at radius 3 is 2.57 bits per heavy atom. The van der Waals surface area contributed by atoms with E-state index in [1.165, 1.54) is 12.1 Å². The van der Waals surface area contributed by atoms with Crippen LogP contribution >= 0.6 is 22.6 Å². The summed E-state index contributed by atoms with van der Waals surface area (Å²) in [6.45, 7) is 1.79. The quantitative estimate of drug-likeness (QED) is 0.780. The van der Waals surface area contributed by atoms with Crippen LogP contribution < -0.4 is 10.1 Å². The number of amides is 1. The van der Waals surface area contributed by atoms with E-state index in [0.717, 1.165) is 9.13 Å². The third kappa shape index (κ3) is 4.70. The van der Waals surface area contributed by atoms with Gasteiger partial charge in [-0.25, -0.2) is 4.39 Å². The van der Waals surface area contributed by atoms with Crippen LogP contribution in [0.5, 0.6) is 5.75 Å². The Morgan fingerprint density at radius 1 is 1.24 bits per heavy atom. The summed E-state index contributed by atoms with van der Waals surface area (Å²) in [5.74, 6) is 0.174. The lowest BCUT2D eigenvalue weighted by Gasteiger charge is -2.15. The first-order valence-electron chi connectivity index (χ1n) is 6.48. The van der Waals surface area contributed by atoms with Crippen LogP contribution in [0.3, 0.4) is 0 Å². The van der Waals surface area contributed by atoms with E-state index in [9.17, 15) is 9.18 Å². The van der Waals surface area contributed by atoms with E-state index >= 15 is 0 Å². The third-order valence-corrected chi connectivity index (χ3v) is 3.83. The van der Waals surface area contributed by atoms with Crippen LogP contribution in [0, 0.1) is 9.39 Å². The van der Waals surface area contributed by atoms with Gasteiger partial charge in [0.15, 0.2) is 6.61 Å². The van der Waals surface area contributed by atoms with Gasteiger partial charge in [-0.15, -0.1) is 0 Å². The number of benzene rings is 2. The lowest BCUT2D eigenvalue weighted by molar-refractivity contribution is -0.123. The highest BCUT2D eigenvalue weighted by atomic mass is 127. The minimum atomic E-state index is -0.292. The zero-order valence-corrected chi connectivity index (χ0v) is 13.6. The number of hydrogen-bond donors (Lipinski definition) is 1. The minimum Gasteiger partial charge on any atom is -0.483 e. The maximum absolute atomic E-state index is 12.9. The summed E-state index contributed by atoms with van der Waals surface area (Å²) in [4.78, 5) is 11.9. The van der Waals surface area contributed by atoms with Crippen molar-refractivity contribution in [3.63, 3.8) is 0 Å². The van der Waals surface area contributed by atoms with E-state index in [0.29, 0.717) is 5.75 Å². The molecule has 0 saturated carbocycles. The average molecular weight is 399 g/mol. The van der Waals surface area contributed by atoms with Gasteiger partial charge in [-0.3, -0.25) is 4.79 Å². The topological polar surface area (TPSA) is 38.3 Å². The molecule has 0 bridgehead atoms. The maximum atomic E-state index is 12.9. The average Bonchev–Trinajstić information content (AvgIpc) is 2.47. The number of carbonyl (C=O) groups is 1. The fourth-order valence-electron chi connectivity index (χ4n) is 1.82. The summed E-state index contributed by atoms with van der Waals surface area (Å²) in [6, 6.07) is 13.4. The molecule has 0 radical (unpaired) electrons. The third-order valence-electron chi connectivity index (χ3n) is 2.94. The van der Waals surface area contributed by atoms with E-state index in [1.807, 2.05) is 31.2 Å². The number of carbonyl (C=O) groups excluding carboxylic acids is 1. The lowest BCUT2D eigenvalue weighted by Crippen LogP contribution is -2.31. The molecule has 110 valence electrons. The van der Waals surface area contributed by atoms with Gasteiger partial charge in [0, 0.05) is 0 Å². The molecule has 3 nitrogen and oxygen atoms in total. The Labute approximate surface area is 136 Å². The van der Waals surface area contributed by atoms with Gasteiger partial charge in [0.05, 0.1) is 9.61 Å². The first-order valence-corrected chi connectivity index (χ1v) is 7.56. The van der Waals surface area contributed by atoms with Crippen molar-refractivity contribution < 1.29 is 13.9 Å². The smallest absolute Gasteiger partial charge is 0.258 e. The molecule has 0 aliphatic heterocycles. The second kappa shape index (κ2) is 7.40. The fraction of sp³-hybridized carbons (Fsp3) is 0.188. The summed E-state index contributed by atoms with van der Waals surface area (Å²) in [5.41, 5.74) is 0.846. The molecule has 0 heterocycles.